The zero-order chi connectivity index (χ0) is 49.6. The number of methoxy groups -OCH3 is 1. The van der Waals surface area contributed by atoms with Crippen LogP contribution in [0.4, 0.5) is 11.8 Å². The Morgan fingerprint density at radius 3 is 2.01 bits per heavy atom. The van der Waals surface area contributed by atoms with Crippen LogP contribution in [0.2, 0.25) is 0 Å². The molecule has 0 spiro atoms. The molecular formula is C46H73N9O13S. The van der Waals surface area contributed by atoms with Gasteiger partial charge in [0.05, 0.1) is 117 Å². The number of amides is 2. The van der Waals surface area contributed by atoms with E-state index < -0.39 is 35.6 Å². The van der Waals surface area contributed by atoms with E-state index in [4.69, 9.17) is 54.8 Å². The number of hydrogen-bond acceptors (Lipinski definition) is 18. The monoisotopic (exact) mass is 992 g/mol. The molecule has 1 saturated heterocycles. The van der Waals surface area contributed by atoms with E-state index >= 15 is 0 Å². The Morgan fingerprint density at radius 2 is 1.42 bits per heavy atom. The fourth-order valence-electron chi connectivity index (χ4n) is 7.13. The van der Waals surface area contributed by atoms with Gasteiger partial charge in [0, 0.05) is 63.3 Å². The van der Waals surface area contributed by atoms with Crippen molar-refractivity contribution in [2.45, 2.75) is 63.4 Å². The molecular weight excluding hydrogens is 919 g/mol. The standard InChI is InChI=1S/C46H73N9O13S/c1-3-4-5-10-49-43-42-37(51-46(48)52-43)8-12-55(42)32-35-7-6-34(29-38(35)62-2)31-53-13-15-54(16-14-53)40(56)9-17-63-19-21-65-23-25-67-27-28-68-26-24-66-22-20-64-18-11-50-44(59)39(30-41(57)58)69-33-36(47)45(60)61/h6-8,12,29,36,39H,3-5,9-11,13-28,30-33,47H2,1-2H3,(H,50,59)(H,57,58)(H,60,61)(H3,48,49,51,52)/t36-,39?/m0/s1. The number of nitrogen functional groups attached to an aromatic ring is 1. The van der Waals surface area contributed by atoms with Gasteiger partial charge in [-0.2, -0.15) is 4.98 Å². The molecule has 4 rings (SSSR count). The van der Waals surface area contributed by atoms with Gasteiger partial charge < -0.3 is 74.9 Å². The first-order valence-electron chi connectivity index (χ1n) is 23.6. The third kappa shape index (κ3) is 21.8. The highest BCUT2D eigenvalue weighted by Crippen LogP contribution is 2.28. The molecule has 0 aliphatic carbocycles. The maximum absolute atomic E-state index is 12.9. The zero-order valence-corrected chi connectivity index (χ0v) is 40.9. The third-order valence-electron chi connectivity index (χ3n) is 10.8. The summed E-state index contributed by atoms with van der Waals surface area (Å²) < 4.78 is 41.1. The zero-order valence-electron chi connectivity index (χ0n) is 40.1. The highest BCUT2D eigenvalue weighted by atomic mass is 32.2. The van der Waals surface area contributed by atoms with Crippen LogP contribution in [-0.2, 0) is 60.7 Å². The fraction of sp³-hybridized carbons (Fsp3) is 0.652. The van der Waals surface area contributed by atoms with Crippen LogP contribution in [0, 0.1) is 0 Å². The van der Waals surface area contributed by atoms with E-state index in [-0.39, 0.29) is 30.8 Å². The van der Waals surface area contributed by atoms with Crippen LogP contribution in [-0.4, -0.2) is 201 Å². The number of nitrogens with zero attached hydrogens (tertiary/aromatic N) is 5. The summed E-state index contributed by atoms with van der Waals surface area (Å²) >= 11 is 0.887. The molecule has 1 fully saturated rings. The molecule has 1 unspecified atom stereocenters. The minimum absolute atomic E-state index is 0.0880. The Labute approximate surface area is 408 Å². The second-order valence-electron chi connectivity index (χ2n) is 16.1. The summed E-state index contributed by atoms with van der Waals surface area (Å²) in [6, 6.07) is 7.12. The lowest BCUT2D eigenvalue weighted by molar-refractivity contribution is -0.138. The van der Waals surface area contributed by atoms with Crippen molar-refractivity contribution < 1.29 is 62.5 Å². The predicted molar refractivity (Wildman–Crippen MR) is 261 cm³/mol. The van der Waals surface area contributed by atoms with Crippen LogP contribution in [0.3, 0.4) is 0 Å². The number of aliphatic carboxylic acids is 2. The van der Waals surface area contributed by atoms with Crippen molar-refractivity contribution in [1.29, 1.82) is 0 Å². The van der Waals surface area contributed by atoms with Gasteiger partial charge in [0.1, 0.15) is 17.3 Å². The second kappa shape index (κ2) is 32.9. The normalized spacial score (nSPS) is 13.9. The number of carboxylic acids is 2. The number of aromatic nitrogens is 3. The van der Waals surface area contributed by atoms with Crippen molar-refractivity contribution in [3.8, 4) is 5.75 Å². The molecule has 0 radical (unpaired) electrons. The van der Waals surface area contributed by atoms with Crippen LogP contribution < -0.4 is 26.8 Å². The molecule has 69 heavy (non-hydrogen) atoms. The number of nitrogens with one attached hydrogen (secondary N) is 2. The van der Waals surface area contributed by atoms with Gasteiger partial charge in [-0.05, 0) is 24.1 Å². The molecule has 2 atom stereocenters. The third-order valence-corrected chi connectivity index (χ3v) is 12.2. The van der Waals surface area contributed by atoms with Crippen LogP contribution in [0.25, 0.3) is 11.0 Å². The van der Waals surface area contributed by atoms with Crippen LogP contribution in [0.1, 0.15) is 50.2 Å². The molecule has 1 aliphatic heterocycles. The molecule has 2 amide bonds. The van der Waals surface area contributed by atoms with E-state index in [2.05, 4.69) is 55.2 Å². The molecule has 0 bridgehead atoms. The second-order valence-corrected chi connectivity index (χ2v) is 17.4. The minimum atomic E-state index is -1.23. The summed E-state index contributed by atoms with van der Waals surface area (Å²) in [5.41, 5.74) is 15.4. The largest absolute Gasteiger partial charge is 0.496 e. The minimum Gasteiger partial charge on any atom is -0.496 e. The first-order valence-corrected chi connectivity index (χ1v) is 24.6. The number of ether oxygens (including phenoxy) is 7. The Hall–Kier alpha value is -4.85. The maximum Gasteiger partial charge on any atom is 0.321 e. The first kappa shape index (κ1) is 56.7. The van der Waals surface area contributed by atoms with Crippen molar-refractivity contribution in [2.24, 2.45) is 5.73 Å². The number of rotatable bonds is 38. The highest BCUT2D eigenvalue weighted by molar-refractivity contribution is 8.00. The average molecular weight is 992 g/mol. The smallest absolute Gasteiger partial charge is 0.321 e. The number of benzene rings is 1. The van der Waals surface area contributed by atoms with Gasteiger partial charge in [0.2, 0.25) is 17.8 Å². The molecule has 1 aromatic carbocycles. The van der Waals surface area contributed by atoms with E-state index in [1.165, 1.54) is 0 Å². The maximum atomic E-state index is 12.9. The molecule has 22 nitrogen and oxygen atoms in total. The summed E-state index contributed by atoms with van der Waals surface area (Å²) in [5, 5.41) is 23.0. The van der Waals surface area contributed by atoms with Crippen molar-refractivity contribution in [3.05, 3.63) is 41.6 Å². The van der Waals surface area contributed by atoms with Gasteiger partial charge in [-0.3, -0.25) is 24.1 Å². The number of fused-ring (bicyclic) bond motifs is 1. The van der Waals surface area contributed by atoms with Crippen LogP contribution >= 0.6 is 11.8 Å². The van der Waals surface area contributed by atoms with Gasteiger partial charge in [0.25, 0.3) is 0 Å². The number of anilines is 2. The summed E-state index contributed by atoms with van der Waals surface area (Å²) in [6.07, 6.45) is 5.22. The van der Waals surface area contributed by atoms with E-state index in [1.54, 1.807) is 7.11 Å². The number of carboxylic acid groups (broad SMARTS) is 2. The van der Waals surface area contributed by atoms with Gasteiger partial charge in [-0.25, -0.2) is 4.98 Å². The summed E-state index contributed by atoms with van der Waals surface area (Å²) in [4.78, 5) is 60.4. The van der Waals surface area contributed by atoms with Crippen molar-refractivity contribution in [1.82, 2.24) is 29.7 Å². The Kier molecular flexibility index (Phi) is 27.0. The molecule has 386 valence electrons. The molecule has 2 aromatic heterocycles. The Balaban J connectivity index is 0.950. The molecule has 3 heterocycles. The van der Waals surface area contributed by atoms with Crippen LogP contribution in [0.5, 0.6) is 5.75 Å². The quantitative estimate of drug-likeness (QED) is 0.0447. The van der Waals surface area contributed by atoms with Crippen LogP contribution in [0.15, 0.2) is 30.5 Å². The fourth-order valence-corrected chi connectivity index (χ4v) is 8.21. The molecule has 3 aromatic rings. The molecule has 8 N–H and O–H groups in total. The molecule has 23 heteroatoms. The number of carbonyl (C=O) groups is 4. The van der Waals surface area contributed by atoms with Crippen molar-refractivity contribution >= 4 is 58.3 Å². The molecule has 0 saturated carbocycles. The number of hydrogen-bond donors (Lipinski definition) is 6. The Bertz CT molecular complexity index is 1990. The predicted octanol–water partition coefficient (Wildman–Crippen LogP) is 1.91. The van der Waals surface area contributed by atoms with Crippen molar-refractivity contribution in [3.63, 3.8) is 0 Å². The van der Waals surface area contributed by atoms with Gasteiger partial charge in [0.15, 0.2) is 5.82 Å². The molecule has 1 aliphatic rings. The number of thioether (sulfide) groups is 1. The summed E-state index contributed by atoms with van der Waals surface area (Å²) in [5.74, 6) is -1.12. The lowest BCUT2D eigenvalue weighted by Gasteiger charge is -2.35. The lowest BCUT2D eigenvalue weighted by Crippen LogP contribution is -2.48. The van der Waals surface area contributed by atoms with Gasteiger partial charge >= 0.3 is 11.9 Å². The number of piperazine rings is 1. The van der Waals surface area contributed by atoms with E-state index in [1.807, 2.05) is 17.2 Å². The first-order chi connectivity index (χ1) is 33.5. The highest BCUT2D eigenvalue weighted by Gasteiger charge is 2.25. The summed E-state index contributed by atoms with van der Waals surface area (Å²) in [7, 11) is 1.70. The average Bonchev–Trinajstić information content (AvgIpc) is 3.74. The van der Waals surface area contributed by atoms with E-state index in [0.717, 1.165) is 90.9 Å². The number of nitrogens with two attached hydrogens (primary N) is 2. The summed E-state index contributed by atoms with van der Waals surface area (Å²) in [6.45, 7) is 11.7. The number of carbonyl (C=O) groups excluding carboxylic acids is 2. The SMILES string of the molecule is CCCCCNc1nc(N)nc2ccn(Cc3ccc(CN4CCN(C(=O)CCOCCOCCOCCOCCOCCOCCNC(=O)C(CC(=O)O)SC[C@H](N)C(=O)O)CC4)cc3OC)c12. The van der Waals surface area contributed by atoms with E-state index in [9.17, 15) is 19.2 Å². The van der Waals surface area contributed by atoms with Crippen molar-refractivity contribution in [2.75, 3.05) is 142 Å². The van der Waals surface area contributed by atoms with Gasteiger partial charge in [-0.1, -0.05) is 31.9 Å². The lowest BCUT2D eigenvalue weighted by atomic mass is 10.1. The van der Waals surface area contributed by atoms with Gasteiger partial charge in [-0.15, -0.1) is 11.8 Å². The Morgan fingerprint density at radius 1 is 0.797 bits per heavy atom. The number of unbranched alkanes of at least 4 members (excludes halogenated alkanes) is 2. The topological polar surface area (TPSA) is 287 Å². The van der Waals surface area contributed by atoms with E-state index in [0.29, 0.717) is 98.7 Å².